The monoisotopic (exact) mass is 760 g/mol. The fraction of sp³-hybridized carbons (Fsp3) is 0.415. The molecule has 1 spiro atoms. The second-order valence-electron chi connectivity index (χ2n) is 15.7. The van der Waals surface area contributed by atoms with Crippen LogP contribution in [-0.2, 0) is 9.59 Å². The molecule has 9 rings (SSSR count). The first kappa shape index (κ1) is 35.3. The molecular formula is C41H41ClN8O5. The Morgan fingerprint density at radius 3 is 2.35 bits per heavy atom. The second-order valence-corrected chi connectivity index (χ2v) is 16.1. The summed E-state index contributed by atoms with van der Waals surface area (Å²) in [5, 5.41) is 2.73. The number of nitrogens with one attached hydrogen (secondary N) is 1. The summed E-state index contributed by atoms with van der Waals surface area (Å²) < 4.78 is 0. The molecule has 13 nitrogen and oxygen atoms in total. The van der Waals surface area contributed by atoms with E-state index in [4.69, 9.17) is 18.2 Å². The molecule has 3 aromatic rings. The Labute approximate surface area is 324 Å². The SMILES string of the molecule is [C-]#[N+]c1ccc(N2CCC3(CCN(C(=O)c4cccc(N5CCN(C6CN(c7cccc8c7C(=O)N(C7CCC(=O)NC7=O)C8=O)C6)CC5)c4)C3)C2)cc1Cl. The van der Waals surface area contributed by atoms with Crippen molar-refractivity contribution in [2.45, 2.75) is 37.8 Å². The topological polar surface area (TPSA) is 121 Å². The van der Waals surface area contributed by atoms with Crippen LogP contribution in [0.15, 0.2) is 60.7 Å². The van der Waals surface area contributed by atoms with Crippen LogP contribution in [0, 0.1) is 12.0 Å². The molecule has 2 unspecified atom stereocenters. The van der Waals surface area contributed by atoms with Crippen LogP contribution in [0.25, 0.3) is 4.85 Å². The summed E-state index contributed by atoms with van der Waals surface area (Å²) in [5.74, 6) is -1.91. The minimum atomic E-state index is -0.989. The number of rotatable bonds is 6. The van der Waals surface area contributed by atoms with Crippen LogP contribution in [0.4, 0.5) is 22.7 Å². The number of likely N-dealkylation sites (tertiary alicyclic amines) is 1. The lowest BCUT2D eigenvalue weighted by atomic mass is 9.86. The van der Waals surface area contributed by atoms with Crippen molar-refractivity contribution in [3.8, 4) is 0 Å². The molecule has 0 aliphatic carbocycles. The highest BCUT2D eigenvalue weighted by Gasteiger charge is 2.48. The number of hydrogen-bond donors (Lipinski definition) is 1. The maximum Gasteiger partial charge on any atom is 0.264 e. The van der Waals surface area contributed by atoms with E-state index in [0.29, 0.717) is 39.1 Å². The number of hydrogen-bond acceptors (Lipinski definition) is 9. The minimum Gasteiger partial charge on any atom is -0.371 e. The Balaban J connectivity index is 0.787. The van der Waals surface area contributed by atoms with E-state index in [-0.39, 0.29) is 24.2 Å². The summed E-state index contributed by atoms with van der Waals surface area (Å²) in [4.78, 5) is 80.7. The zero-order valence-corrected chi connectivity index (χ0v) is 31.1. The standard InChI is InChI=1S/C41H41ClN8O5/c1-43-32-9-8-28(21-31(32)42)47-14-12-41(24-47)13-15-48(25-41)38(53)26-4-2-5-27(20-26)45-16-18-46(19-17-45)29-22-49(23-29)33-7-3-6-30-36(33)40(55)50(39(30)54)34-10-11-35(51)44-37(34)52/h2-9,20-21,29,34H,10-19,22-25H2,(H,44,51,52). The number of benzene rings is 3. The number of piperidine rings is 1. The second kappa shape index (κ2) is 13.7. The Morgan fingerprint density at radius 2 is 1.58 bits per heavy atom. The lowest BCUT2D eigenvalue weighted by Gasteiger charge is -2.49. The zero-order valence-electron chi connectivity index (χ0n) is 30.4. The maximum atomic E-state index is 13.8. The molecule has 5 amide bonds. The molecule has 0 aromatic heterocycles. The minimum absolute atomic E-state index is 0.0509. The van der Waals surface area contributed by atoms with E-state index in [1.807, 2.05) is 41.3 Å². The molecule has 0 radical (unpaired) electrons. The van der Waals surface area contributed by atoms with E-state index < -0.39 is 29.7 Å². The zero-order chi connectivity index (χ0) is 38.0. The molecule has 6 aliphatic heterocycles. The molecule has 3 aromatic carbocycles. The molecular weight excluding hydrogens is 720 g/mol. The van der Waals surface area contributed by atoms with E-state index in [0.717, 1.165) is 94.6 Å². The van der Waals surface area contributed by atoms with Gasteiger partial charge in [0.1, 0.15) is 6.04 Å². The number of amides is 5. The maximum absolute atomic E-state index is 13.8. The number of piperazine rings is 1. The predicted molar refractivity (Wildman–Crippen MR) is 207 cm³/mol. The normalized spacial score (nSPS) is 24.4. The summed E-state index contributed by atoms with van der Waals surface area (Å²) in [6, 6.07) is 18.2. The van der Waals surface area contributed by atoms with Crippen molar-refractivity contribution in [2.75, 3.05) is 80.1 Å². The van der Waals surface area contributed by atoms with Crippen LogP contribution in [0.1, 0.15) is 56.8 Å². The van der Waals surface area contributed by atoms with Crippen molar-refractivity contribution < 1.29 is 24.0 Å². The van der Waals surface area contributed by atoms with Gasteiger partial charge in [-0.2, -0.15) is 0 Å². The van der Waals surface area contributed by atoms with Gasteiger partial charge in [0, 0.05) is 105 Å². The van der Waals surface area contributed by atoms with Gasteiger partial charge in [-0.25, -0.2) is 4.85 Å². The third-order valence-corrected chi connectivity index (χ3v) is 12.8. The van der Waals surface area contributed by atoms with Gasteiger partial charge in [-0.1, -0.05) is 29.8 Å². The van der Waals surface area contributed by atoms with Crippen LogP contribution >= 0.6 is 11.6 Å². The van der Waals surface area contributed by atoms with Gasteiger partial charge in [0.25, 0.3) is 17.7 Å². The number of carbonyl (C=O) groups excluding carboxylic acids is 5. The molecule has 2 atom stereocenters. The van der Waals surface area contributed by atoms with Crippen LogP contribution in [0.3, 0.4) is 0 Å². The van der Waals surface area contributed by atoms with Crippen molar-refractivity contribution in [3.63, 3.8) is 0 Å². The van der Waals surface area contributed by atoms with Gasteiger partial charge in [-0.15, -0.1) is 0 Å². The van der Waals surface area contributed by atoms with Gasteiger partial charge >= 0.3 is 0 Å². The van der Waals surface area contributed by atoms with E-state index in [1.165, 1.54) is 0 Å². The van der Waals surface area contributed by atoms with Gasteiger partial charge in [-0.3, -0.25) is 39.1 Å². The number of fused-ring (bicyclic) bond motifs is 1. The molecule has 55 heavy (non-hydrogen) atoms. The van der Waals surface area contributed by atoms with E-state index in [9.17, 15) is 24.0 Å². The first-order valence-electron chi connectivity index (χ1n) is 19.0. The van der Waals surface area contributed by atoms with Gasteiger partial charge < -0.3 is 19.6 Å². The molecule has 0 saturated carbocycles. The smallest absolute Gasteiger partial charge is 0.264 e. The number of anilines is 3. The number of imide groups is 2. The largest absolute Gasteiger partial charge is 0.371 e. The molecule has 5 fully saturated rings. The molecule has 1 N–H and O–H groups in total. The van der Waals surface area contributed by atoms with Gasteiger partial charge in [0.2, 0.25) is 17.5 Å². The first-order chi connectivity index (χ1) is 26.6. The Kier molecular flexibility index (Phi) is 8.78. The number of nitrogens with zero attached hydrogens (tertiary/aromatic N) is 7. The van der Waals surface area contributed by atoms with Crippen LogP contribution < -0.4 is 20.0 Å². The molecule has 6 heterocycles. The number of carbonyl (C=O) groups is 5. The van der Waals surface area contributed by atoms with Gasteiger partial charge in [0.05, 0.1) is 23.4 Å². The highest BCUT2D eigenvalue weighted by atomic mass is 35.5. The van der Waals surface area contributed by atoms with Gasteiger partial charge in [0.15, 0.2) is 0 Å². The highest BCUT2D eigenvalue weighted by molar-refractivity contribution is 6.33. The Bertz CT molecular complexity index is 2180. The van der Waals surface area contributed by atoms with E-state index in [1.54, 1.807) is 18.2 Å². The van der Waals surface area contributed by atoms with Crippen molar-refractivity contribution in [1.29, 1.82) is 0 Å². The molecule has 14 heteroatoms. The third kappa shape index (κ3) is 6.17. The first-order valence-corrected chi connectivity index (χ1v) is 19.4. The fourth-order valence-corrected chi connectivity index (χ4v) is 9.60. The van der Waals surface area contributed by atoms with Crippen molar-refractivity contribution >= 4 is 63.9 Å². The summed E-state index contributed by atoms with van der Waals surface area (Å²) in [6.07, 6.45) is 2.19. The molecule has 0 bridgehead atoms. The summed E-state index contributed by atoms with van der Waals surface area (Å²) in [5.41, 5.74) is 4.62. The third-order valence-electron chi connectivity index (χ3n) is 12.5. The lowest BCUT2D eigenvalue weighted by Crippen LogP contribution is -2.63. The van der Waals surface area contributed by atoms with Crippen molar-refractivity contribution in [3.05, 3.63) is 93.8 Å². The predicted octanol–water partition coefficient (Wildman–Crippen LogP) is 4.05. The average molecular weight is 761 g/mol. The number of halogens is 1. The average Bonchev–Trinajstić information content (AvgIpc) is 3.87. The van der Waals surface area contributed by atoms with E-state index >= 15 is 0 Å². The molecule has 5 saturated heterocycles. The van der Waals surface area contributed by atoms with Crippen LogP contribution in [-0.4, -0.2) is 122 Å². The Morgan fingerprint density at radius 1 is 0.818 bits per heavy atom. The molecule has 282 valence electrons. The quantitative estimate of drug-likeness (QED) is 0.293. The van der Waals surface area contributed by atoms with E-state index in [2.05, 4.69) is 35.8 Å². The van der Waals surface area contributed by atoms with Crippen LogP contribution in [0.5, 0.6) is 0 Å². The summed E-state index contributed by atoms with van der Waals surface area (Å²) in [7, 11) is 0. The lowest BCUT2D eigenvalue weighted by molar-refractivity contribution is -0.136. The van der Waals surface area contributed by atoms with Crippen molar-refractivity contribution in [1.82, 2.24) is 20.0 Å². The van der Waals surface area contributed by atoms with Crippen molar-refractivity contribution in [2.24, 2.45) is 5.41 Å². The fourth-order valence-electron chi connectivity index (χ4n) is 9.39. The highest BCUT2D eigenvalue weighted by Crippen LogP contribution is 2.43. The summed E-state index contributed by atoms with van der Waals surface area (Å²) >= 11 is 6.33. The molecule has 6 aliphatic rings. The summed E-state index contributed by atoms with van der Waals surface area (Å²) in [6.45, 7) is 15.3. The van der Waals surface area contributed by atoms with Crippen LogP contribution in [0.2, 0.25) is 5.02 Å². The van der Waals surface area contributed by atoms with Gasteiger partial charge in [-0.05, 0) is 61.7 Å². The Hall–Kier alpha value is -5.45.